The molecule has 1 N–H and O–H groups in total. The van der Waals surface area contributed by atoms with Crippen molar-refractivity contribution in [1.82, 2.24) is 5.32 Å². The molecule has 1 aliphatic heterocycles. The first-order chi connectivity index (χ1) is 10.1. The molecule has 1 aromatic carbocycles. The fourth-order valence-corrected chi connectivity index (χ4v) is 2.31. The summed E-state index contributed by atoms with van der Waals surface area (Å²) in [5.74, 6) is -1.13. The van der Waals surface area contributed by atoms with Gasteiger partial charge in [0, 0.05) is 13.2 Å². The van der Waals surface area contributed by atoms with E-state index in [1.807, 2.05) is 0 Å². The van der Waals surface area contributed by atoms with Crippen molar-refractivity contribution in [3.63, 3.8) is 0 Å². The van der Waals surface area contributed by atoms with Crippen LogP contribution in [0.4, 0.5) is 8.78 Å². The van der Waals surface area contributed by atoms with Crippen LogP contribution in [0.25, 0.3) is 0 Å². The normalized spacial score (nSPS) is 18.4. The van der Waals surface area contributed by atoms with E-state index in [9.17, 15) is 8.78 Å². The third kappa shape index (κ3) is 4.93. The Kier molecular flexibility index (Phi) is 5.94. The zero-order valence-electron chi connectivity index (χ0n) is 12.6. The van der Waals surface area contributed by atoms with Crippen LogP contribution in [-0.4, -0.2) is 25.9 Å². The first-order valence-electron chi connectivity index (χ1n) is 7.49. The second-order valence-corrected chi connectivity index (χ2v) is 5.86. The van der Waals surface area contributed by atoms with E-state index in [1.54, 1.807) is 0 Å². The fourth-order valence-electron chi connectivity index (χ4n) is 2.31. The Morgan fingerprint density at radius 2 is 2.05 bits per heavy atom. The quantitative estimate of drug-likeness (QED) is 0.838. The lowest BCUT2D eigenvalue weighted by atomic mass is 10.1. The van der Waals surface area contributed by atoms with E-state index in [0.717, 1.165) is 19.4 Å². The molecule has 0 saturated carbocycles. The van der Waals surface area contributed by atoms with Crippen LogP contribution in [0.2, 0.25) is 0 Å². The number of benzene rings is 1. The Morgan fingerprint density at radius 1 is 1.33 bits per heavy atom. The van der Waals surface area contributed by atoms with Gasteiger partial charge in [0.25, 0.3) is 0 Å². The molecule has 1 aliphatic rings. The largest absolute Gasteiger partial charge is 0.485 e. The van der Waals surface area contributed by atoms with Crippen LogP contribution in [0, 0.1) is 17.6 Å². The second-order valence-electron chi connectivity index (χ2n) is 5.86. The summed E-state index contributed by atoms with van der Waals surface area (Å²) >= 11 is 0. The predicted octanol–water partition coefficient (Wildman–Crippen LogP) is 3.27. The molecule has 21 heavy (non-hydrogen) atoms. The van der Waals surface area contributed by atoms with Gasteiger partial charge in [-0.05, 0) is 43.0 Å². The first-order valence-corrected chi connectivity index (χ1v) is 7.49. The highest BCUT2D eigenvalue weighted by Crippen LogP contribution is 2.24. The van der Waals surface area contributed by atoms with Crippen molar-refractivity contribution in [3.05, 3.63) is 29.3 Å². The maximum absolute atomic E-state index is 13.9. The zero-order valence-corrected chi connectivity index (χ0v) is 12.6. The van der Waals surface area contributed by atoms with Gasteiger partial charge in [0.1, 0.15) is 6.61 Å². The van der Waals surface area contributed by atoms with Crippen molar-refractivity contribution in [2.45, 2.75) is 39.3 Å². The smallest absolute Gasteiger partial charge is 0.190 e. The summed E-state index contributed by atoms with van der Waals surface area (Å²) in [5, 5.41) is 3.16. The number of halogens is 2. The summed E-state index contributed by atoms with van der Waals surface area (Å²) in [5.41, 5.74) is 0.579. The Balaban J connectivity index is 1.92. The summed E-state index contributed by atoms with van der Waals surface area (Å²) in [6, 6.07) is 2.64. The Morgan fingerprint density at radius 3 is 2.62 bits per heavy atom. The second kappa shape index (κ2) is 7.71. The molecule has 0 amide bonds. The summed E-state index contributed by atoms with van der Waals surface area (Å²) in [7, 11) is 0. The van der Waals surface area contributed by atoms with Gasteiger partial charge in [-0.15, -0.1) is 0 Å². The van der Waals surface area contributed by atoms with Gasteiger partial charge >= 0.3 is 0 Å². The summed E-state index contributed by atoms with van der Waals surface area (Å²) in [6.45, 7) is 6.29. The van der Waals surface area contributed by atoms with E-state index in [2.05, 4.69) is 19.2 Å². The fraction of sp³-hybridized carbons (Fsp3) is 0.625. The average molecular weight is 299 g/mol. The van der Waals surface area contributed by atoms with Crippen molar-refractivity contribution in [2.75, 3.05) is 19.8 Å². The molecule has 0 spiro atoms. The number of ether oxygens (including phenoxy) is 2. The third-order valence-corrected chi connectivity index (χ3v) is 3.38. The van der Waals surface area contributed by atoms with Crippen LogP contribution in [0.5, 0.6) is 5.75 Å². The highest BCUT2D eigenvalue weighted by atomic mass is 19.1. The van der Waals surface area contributed by atoms with Crippen molar-refractivity contribution in [3.8, 4) is 5.75 Å². The van der Waals surface area contributed by atoms with Gasteiger partial charge < -0.3 is 14.8 Å². The van der Waals surface area contributed by atoms with Crippen LogP contribution >= 0.6 is 0 Å². The number of rotatable bonds is 7. The maximum Gasteiger partial charge on any atom is 0.190 e. The Labute approximate surface area is 124 Å². The highest BCUT2D eigenvalue weighted by Gasteiger charge is 2.19. The molecule has 1 aromatic rings. The van der Waals surface area contributed by atoms with Crippen LogP contribution < -0.4 is 10.1 Å². The van der Waals surface area contributed by atoms with Crippen LogP contribution in [0.1, 0.15) is 32.3 Å². The minimum absolute atomic E-state index is 0.0591. The minimum Gasteiger partial charge on any atom is -0.485 e. The van der Waals surface area contributed by atoms with E-state index in [4.69, 9.17) is 9.47 Å². The predicted molar refractivity (Wildman–Crippen MR) is 77.4 cm³/mol. The monoisotopic (exact) mass is 299 g/mol. The standard InChI is InChI=1S/C16H23F2NO2/c1-11(2)8-19-9-12-6-14(17)16(15(18)7-12)21-10-13-4-3-5-20-13/h6-7,11,13,19H,3-5,8-10H2,1-2H3. The lowest BCUT2D eigenvalue weighted by Gasteiger charge is -2.14. The maximum atomic E-state index is 13.9. The number of hydrogen-bond donors (Lipinski definition) is 1. The molecule has 3 nitrogen and oxygen atoms in total. The van der Waals surface area contributed by atoms with E-state index < -0.39 is 11.6 Å². The van der Waals surface area contributed by atoms with E-state index in [-0.39, 0.29) is 18.5 Å². The average Bonchev–Trinajstić information content (AvgIpc) is 2.90. The minimum atomic E-state index is -0.658. The molecule has 1 atom stereocenters. The SMILES string of the molecule is CC(C)CNCc1cc(F)c(OCC2CCCO2)c(F)c1. The van der Waals surface area contributed by atoms with E-state index in [0.29, 0.717) is 24.6 Å². The molecule has 1 fully saturated rings. The molecule has 2 rings (SSSR count). The summed E-state index contributed by atoms with van der Waals surface area (Å²) in [6.07, 6.45) is 1.79. The van der Waals surface area contributed by atoms with Crippen molar-refractivity contribution in [2.24, 2.45) is 5.92 Å². The molecule has 5 heteroatoms. The van der Waals surface area contributed by atoms with Gasteiger partial charge in [0.15, 0.2) is 17.4 Å². The molecule has 1 unspecified atom stereocenters. The van der Waals surface area contributed by atoms with Crippen molar-refractivity contribution in [1.29, 1.82) is 0 Å². The topological polar surface area (TPSA) is 30.5 Å². The van der Waals surface area contributed by atoms with E-state index in [1.165, 1.54) is 12.1 Å². The van der Waals surface area contributed by atoms with Crippen LogP contribution in [0.3, 0.4) is 0 Å². The van der Waals surface area contributed by atoms with Gasteiger partial charge in [-0.25, -0.2) is 8.78 Å². The highest BCUT2D eigenvalue weighted by molar-refractivity contribution is 5.31. The molecular formula is C16H23F2NO2. The zero-order chi connectivity index (χ0) is 15.2. The van der Waals surface area contributed by atoms with Gasteiger partial charge in [0.05, 0.1) is 6.10 Å². The van der Waals surface area contributed by atoms with Crippen LogP contribution in [-0.2, 0) is 11.3 Å². The summed E-state index contributed by atoms with van der Waals surface area (Å²) < 4.78 is 38.5. The molecule has 0 aromatic heterocycles. The lowest BCUT2D eigenvalue weighted by molar-refractivity contribution is 0.0650. The van der Waals surface area contributed by atoms with E-state index >= 15 is 0 Å². The molecule has 1 saturated heterocycles. The number of nitrogens with one attached hydrogen (secondary N) is 1. The van der Waals surface area contributed by atoms with Gasteiger partial charge in [-0.1, -0.05) is 13.8 Å². The Bertz CT molecular complexity index is 437. The lowest BCUT2D eigenvalue weighted by Crippen LogP contribution is -2.20. The van der Waals surface area contributed by atoms with Gasteiger partial charge in [-0.2, -0.15) is 0 Å². The molecule has 0 bridgehead atoms. The molecule has 118 valence electrons. The van der Waals surface area contributed by atoms with Gasteiger partial charge in [0.2, 0.25) is 0 Å². The molecule has 0 aliphatic carbocycles. The third-order valence-electron chi connectivity index (χ3n) is 3.38. The Hall–Kier alpha value is -1.20. The van der Waals surface area contributed by atoms with Gasteiger partial charge in [-0.3, -0.25) is 0 Å². The van der Waals surface area contributed by atoms with Crippen molar-refractivity contribution < 1.29 is 18.3 Å². The molecule has 0 radical (unpaired) electrons. The molecule has 1 heterocycles. The van der Waals surface area contributed by atoms with Crippen LogP contribution in [0.15, 0.2) is 12.1 Å². The molecular weight excluding hydrogens is 276 g/mol. The summed E-state index contributed by atoms with van der Waals surface area (Å²) in [4.78, 5) is 0. The van der Waals surface area contributed by atoms with Crippen molar-refractivity contribution >= 4 is 0 Å². The number of hydrogen-bond acceptors (Lipinski definition) is 3. The first kappa shape index (κ1) is 16.2.